The first-order valence-electron chi connectivity index (χ1n) is 12.6. The molecule has 0 aromatic heterocycles. The molecule has 2 fully saturated rings. The number of fused-ring (bicyclic) bond motifs is 1. The van der Waals surface area contributed by atoms with Gasteiger partial charge in [0.1, 0.15) is 6.20 Å². The van der Waals surface area contributed by atoms with E-state index in [1.807, 2.05) is 25.4 Å². The minimum atomic E-state index is -0.196. The van der Waals surface area contributed by atoms with Crippen molar-refractivity contribution in [1.29, 1.82) is 0 Å². The summed E-state index contributed by atoms with van der Waals surface area (Å²) in [5, 5.41) is 1.29. The molecule has 0 spiro atoms. The van der Waals surface area contributed by atoms with Crippen molar-refractivity contribution in [2.24, 2.45) is 11.8 Å². The molecule has 2 amide bonds. The first kappa shape index (κ1) is 23.0. The predicted molar refractivity (Wildman–Crippen MR) is 133 cm³/mol. The molecule has 5 nitrogen and oxygen atoms in total. The van der Waals surface area contributed by atoms with Crippen LogP contribution in [0.3, 0.4) is 0 Å². The van der Waals surface area contributed by atoms with Gasteiger partial charge in [-0.15, -0.1) is 0 Å². The third-order valence-corrected chi connectivity index (χ3v) is 8.26. The van der Waals surface area contributed by atoms with E-state index in [1.165, 1.54) is 41.9 Å². The third-order valence-electron chi connectivity index (χ3n) is 8.26. The summed E-state index contributed by atoms with van der Waals surface area (Å²) in [5.41, 5.74) is 4.70. The molecular formula is C29H35N2O3+. The van der Waals surface area contributed by atoms with E-state index in [0.29, 0.717) is 30.3 Å². The van der Waals surface area contributed by atoms with Crippen LogP contribution in [0.4, 0.5) is 0 Å². The number of hydrogen-bond donors (Lipinski definition) is 0. The molecule has 0 bridgehead atoms. The second kappa shape index (κ2) is 9.12. The maximum absolute atomic E-state index is 13.5. The van der Waals surface area contributed by atoms with Gasteiger partial charge >= 0.3 is 5.91 Å². The van der Waals surface area contributed by atoms with Crippen molar-refractivity contribution >= 4 is 17.9 Å². The summed E-state index contributed by atoms with van der Waals surface area (Å²) in [5.74, 6) is 2.09. The van der Waals surface area contributed by atoms with E-state index in [-0.39, 0.29) is 16.3 Å². The van der Waals surface area contributed by atoms with Gasteiger partial charge in [0.25, 0.3) is 5.91 Å². The van der Waals surface area contributed by atoms with Gasteiger partial charge in [0.05, 0.1) is 19.2 Å². The van der Waals surface area contributed by atoms with E-state index in [9.17, 15) is 9.59 Å². The normalized spacial score (nSPS) is 28.4. The molecule has 3 aliphatic rings. The molecule has 1 saturated heterocycles. The Labute approximate surface area is 202 Å². The van der Waals surface area contributed by atoms with Gasteiger partial charge in [0, 0.05) is 18.1 Å². The lowest BCUT2D eigenvalue weighted by Crippen LogP contribution is -2.47. The number of hydrogen-bond acceptors (Lipinski definition) is 3. The maximum Gasteiger partial charge on any atom is 0.350 e. The summed E-state index contributed by atoms with van der Waals surface area (Å²) in [7, 11) is 1.96. The van der Waals surface area contributed by atoms with Gasteiger partial charge in [-0.1, -0.05) is 44.2 Å². The predicted octanol–water partition coefficient (Wildman–Crippen LogP) is 5.78. The summed E-state index contributed by atoms with van der Waals surface area (Å²) in [6, 6.07) is 14.3. The number of amides is 2. The molecule has 34 heavy (non-hydrogen) atoms. The molecule has 1 aliphatic carbocycles. The highest BCUT2D eigenvalue weighted by atomic mass is 16.8. The molecule has 3 atom stereocenters. The molecule has 0 N–H and O–H groups in total. The van der Waals surface area contributed by atoms with E-state index in [1.54, 1.807) is 12.1 Å². The molecule has 2 aliphatic heterocycles. The maximum atomic E-state index is 13.5. The number of hydroxylamine groups is 2. The number of carbonyl (C=O) groups excluding carboxylic acids is 2. The van der Waals surface area contributed by atoms with E-state index in [4.69, 9.17) is 4.84 Å². The van der Waals surface area contributed by atoms with Crippen LogP contribution in [-0.4, -0.2) is 41.7 Å². The fourth-order valence-corrected chi connectivity index (χ4v) is 5.41. The van der Waals surface area contributed by atoms with E-state index < -0.39 is 0 Å². The number of quaternary nitrogens is 1. The molecule has 178 valence electrons. The quantitative estimate of drug-likeness (QED) is 0.324. The van der Waals surface area contributed by atoms with Crippen molar-refractivity contribution in [1.82, 2.24) is 5.06 Å². The van der Waals surface area contributed by atoms with Crippen molar-refractivity contribution in [3.05, 3.63) is 76.5 Å². The lowest BCUT2D eigenvalue weighted by molar-refractivity contribution is -0.774. The molecule has 5 heteroatoms. The van der Waals surface area contributed by atoms with E-state index >= 15 is 0 Å². The SMILES string of the molecule is CC1CCC(c2cccc(CC[N+]3(C)C=Cc4ccc(C(=O)N5CO5)cc4C3=O)c2)CCC1C. The fourth-order valence-electron chi connectivity index (χ4n) is 5.41. The Morgan fingerprint density at radius 2 is 1.79 bits per heavy atom. The van der Waals surface area contributed by atoms with E-state index in [0.717, 1.165) is 23.8 Å². The van der Waals surface area contributed by atoms with Crippen LogP contribution in [0.5, 0.6) is 0 Å². The Bertz CT molecular complexity index is 1120. The first-order valence-corrected chi connectivity index (χ1v) is 12.6. The zero-order valence-corrected chi connectivity index (χ0v) is 20.5. The molecular weight excluding hydrogens is 424 g/mol. The number of likely N-dealkylation sites (N-methyl/N-ethyl adjacent to an activating group) is 1. The average Bonchev–Trinajstić information content (AvgIpc) is 3.71. The van der Waals surface area contributed by atoms with Crippen LogP contribution in [0.25, 0.3) is 6.08 Å². The van der Waals surface area contributed by atoms with Crippen molar-refractivity contribution in [2.45, 2.75) is 51.9 Å². The summed E-state index contributed by atoms with van der Waals surface area (Å²) in [6.07, 6.45) is 9.96. The van der Waals surface area contributed by atoms with Crippen LogP contribution >= 0.6 is 0 Å². The summed E-state index contributed by atoms with van der Waals surface area (Å²) in [4.78, 5) is 30.8. The van der Waals surface area contributed by atoms with Gasteiger partial charge in [-0.3, -0.25) is 4.79 Å². The Morgan fingerprint density at radius 1 is 1.06 bits per heavy atom. The second-order valence-corrected chi connectivity index (χ2v) is 10.7. The number of benzene rings is 2. The lowest BCUT2D eigenvalue weighted by Gasteiger charge is -2.31. The smallest absolute Gasteiger partial charge is 0.267 e. The van der Waals surface area contributed by atoms with Gasteiger partial charge in [-0.25, -0.2) is 14.1 Å². The van der Waals surface area contributed by atoms with Crippen LogP contribution in [0.15, 0.2) is 48.7 Å². The third kappa shape index (κ3) is 4.59. The van der Waals surface area contributed by atoms with Crippen LogP contribution in [0.2, 0.25) is 0 Å². The second-order valence-electron chi connectivity index (χ2n) is 10.7. The van der Waals surface area contributed by atoms with Gasteiger partial charge in [0.15, 0.2) is 6.73 Å². The summed E-state index contributed by atoms with van der Waals surface area (Å²) in [6.45, 7) is 5.79. The Balaban J connectivity index is 1.29. The first-order chi connectivity index (χ1) is 16.3. The minimum Gasteiger partial charge on any atom is -0.267 e. The molecule has 2 heterocycles. The zero-order valence-electron chi connectivity index (χ0n) is 20.5. The Morgan fingerprint density at radius 3 is 2.50 bits per heavy atom. The number of nitrogens with zero attached hydrogens (tertiary/aromatic N) is 2. The Hall–Kier alpha value is -2.76. The summed E-state index contributed by atoms with van der Waals surface area (Å²) < 4.78 is 0.202. The lowest BCUT2D eigenvalue weighted by atomic mass is 9.90. The largest absolute Gasteiger partial charge is 0.350 e. The molecule has 2 aromatic rings. The van der Waals surface area contributed by atoms with Crippen molar-refractivity contribution in [3.63, 3.8) is 0 Å². The van der Waals surface area contributed by atoms with Crippen LogP contribution < -0.4 is 0 Å². The van der Waals surface area contributed by atoms with Crippen molar-refractivity contribution in [2.75, 3.05) is 20.3 Å². The van der Waals surface area contributed by atoms with Crippen LogP contribution in [0.1, 0.15) is 82.9 Å². The van der Waals surface area contributed by atoms with Crippen molar-refractivity contribution in [3.8, 4) is 0 Å². The molecule has 1 saturated carbocycles. The highest BCUT2D eigenvalue weighted by molar-refractivity contribution is 6.00. The fraction of sp³-hybridized carbons (Fsp3) is 0.448. The average molecular weight is 460 g/mol. The topological polar surface area (TPSA) is 49.7 Å². The Kier molecular flexibility index (Phi) is 6.17. The highest BCUT2D eigenvalue weighted by Crippen LogP contribution is 2.37. The molecule has 3 unspecified atom stereocenters. The van der Waals surface area contributed by atoms with Gasteiger partial charge in [0.2, 0.25) is 0 Å². The highest BCUT2D eigenvalue weighted by Gasteiger charge is 2.37. The van der Waals surface area contributed by atoms with Gasteiger partial charge in [-0.2, -0.15) is 5.06 Å². The van der Waals surface area contributed by atoms with Gasteiger partial charge < -0.3 is 0 Å². The standard InChI is InChI=1S/C29H35N2O3/c1-20-7-9-23(10-8-21(20)2)25-6-4-5-22(17-25)13-15-31(3)16-14-24-11-12-26(18-27(24)29(31)33)28(32)30-19-34-30/h4-6,11-12,14,16-18,20-21,23H,7-10,13,15,19H2,1-3H3/q+1. The van der Waals surface area contributed by atoms with Gasteiger partial charge in [-0.05, 0) is 72.3 Å². The molecule has 0 radical (unpaired) electrons. The summed E-state index contributed by atoms with van der Waals surface area (Å²) >= 11 is 0. The van der Waals surface area contributed by atoms with Crippen LogP contribution in [-0.2, 0) is 11.3 Å². The monoisotopic (exact) mass is 459 g/mol. The van der Waals surface area contributed by atoms with Crippen LogP contribution in [0, 0.1) is 11.8 Å². The number of carbonyl (C=O) groups is 2. The zero-order chi connectivity index (χ0) is 23.9. The number of rotatable bonds is 5. The molecule has 5 rings (SSSR count). The van der Waals surface area contributed by atoms with E-state index in [2.05, 4.69) is 38.1 Å². The van der Waals surface area contributed by atoms with Crippen molar-refractivity contribution < 1.29 is 18.9 Å². The minimum absolute atomic E-state index is 0.0294. The molecule has 2 aromatic carbocycles.